The van der Waals surface area contributed by atoms with Gasteiger partial charge in [-0.15, -0.1) is 35.7 Å². The largest absolute Gasteiger partial charge is 0.481 e. The highest BCUT2D eigenvalue weighted by Crippen LogP contribution is 2.16. The van der Waals surface area contributed by atoms with Gasteiger partial charge in [0.05, 0.1) is 7.11 Å². The zero-order chi connectivity index (χ0) is 17.4. The van der Waals surface area contributed by atoms with Gasteiger partial charge in [-0.25, -0.2) is 4.98 Å². The van der Waals surface area contributed by atoms with Crippen molar-refractivity contribution in [3.8, 4) is 5.88 Å². The second kappa shape index (κ2) is 11.2. The van der Waals surface area contributed by atoms with Crippen LogP contribution in [-0.4, -0.2) is 43.3 Å². The number of guanidine groups is 1. The maximum Gasteiger partial charge on any atom is 0.218 e. The van der Waals surface area contributed by atoms with Crippen LogP contribution in [0.15, 0.2) is 52.5 Å². The van der Waals surface area contributed by atoms with Crippen LogP contribution in [0.25, 0.3) is 0 Å². The Bertz CT molecular complexity index is 679. The number of thioether (sulfide) groups is 1. The molecule has 0 bridgehead atoms. The molecule has 0 aliphatic carbocycles. The lowest BCUT2D eigenvalue weighted by Crippen LogP contribution is -2.38. The summed E-state index contributed by atoms with van der Waals surface area (Å²) in [6, 6.07) is 12.5. The summed E-state index contributed by atoms with van der Waals surface area (Å²) in [5, 5.41) is 3.35. The van der Waals surface area contributed by atoms with Crippen LogP contribution in [0.1, 0.15) is 11.1 Å². The molecular weight excluding hydrogens is 447 g/mol. The average molecular weight is 472 g/mol. The highest BCUT2D eigenvalue weighted by atomic mass is 127. The van der Waals surface area contributed by atoms with Crippen molar-refractivity contribution in [3.63, 3.8) is 0 Å². The lowest BCUT2D eigenvalue weighted by atomic mass is 10.2. The summed E-state index contributed by atoms with van der Waals surface area (Å²) in [5.74, 6) is 1.46. The van der Waals surface area contributed by atoms with E-state index < -0.39 is 0 Å². The summed E-state index contributed by atoms with van der Waals surface area (Å²) >= 11 is 1.75. The third-order valence-electron chi connectivity index (χ3n) is 3.63. The number of hydrogen-bond donors (Lipinski definition) is 1. The summed E-state index contributed by atoms with van der Waals surface area (Å²) in [5.41, 5.74) is 2.25. The third kappa shape index (κ3) is 6.39. The number of aromatic nitrogens is 1. The van der Waals surface area contributed by atoms with Gasteiger partial charge < -0.3 is 15.0 Å². The average Bonchev–Trinajstić information content (AvgIpc) is 2.63. The minimum Gasteiger partial charge on any atom is -0.481 e. The number of nitrogens with one attached hydrogen (secondary N) is 1. The molecule has 0 aliphatic heterocycles. The molecule has 0 radical (unpaired) electrons. The molecular formula is C18H25IN4OS. The molecule has 25 heavy (non-hydrogen) atoms. The summed E-state index contributed by atoms with van der Waals surface area (Å²) in [4.78, 5) is 11.9. The molecule has 0 unspecified atom stereocenters. The van der Waals surface area contributed by atoms with Crippen molar-refractivity contribution in [2.45, 2.75) is 18.0 Å². The number of rotatable bonds is 6. The topological polar surface area (TPSA) is 49.8 Å². The van der Waals surface area contributed by atoms with E-state index in [-0.39, 0.29) is 24.0 Å². The number of halogens is 1. The first-order valence-electron chi connectivity index (χ1n) is 7.70. The van der Waals surface area contributed by atoms with E-state index in [9.17, 15) is 0 Å². The second-order valence-electron chi connectivity index (χ2n) is 5.28. The van der Waals surface area contributed by atoms with Crippen molar-refractivity contribution in [1.82, 2.24) is 15.2 Å². The molecule has 5 nitrogen and oxygen atoms in total. The van der Waals surface area contributed by atoms with E-state index in [2.05, 4.69) is 50.7 Å². The zero-order valence-electron chi connectivity index (χ0n) is 15.0. The first-order chi connectivity index (χ1) is 11.7. The number of pyridine rings is 1. The Morgan fingerprint density at radius 1 is 1.28 bits per heavy atom. The number of benzene rings is 1. The van der Waals surface area contributed by atoms with Crippen molar-refractivity contribution >= 4 is 41.7 Å². The molecule has 1 aromatic carbocycles. The van der Waals surface area contributed by atoms with Gasteiger partial charge in [0.1, 0.15) is 0 Å². The molecule has 0 atom stereocenters. The van der Waals surface area contributed by atoms with Crippen LogP contribution in [0.2, 0.25) is 0 Å². The van der Waals surface area contributed by atoms with Gasteiger partial charge in [0, 0.05) is 43.8 Å². The molecule has 1 N–H and O–H groups in total. The fourth-order valence-corrected chi connectivity index (χ4v) is 2.79. The summed E-state index contributed by atoms with van der Waals surface area (Å²) in [6.07, 6.45) is 3.81. The van der Waals surface area contributed by atoms with Crippen LogP contribution in [0, 0.1) is 0 Å². The maximum atomic E-state index is 5.28. The fourth-order valence-electron chi connectivity index (χ4n) is 2.38. The predicted octanol–water partition coefficient (Wildman–Crippen LogP) is 3.64. The van der Waals surface area contributed by atoms with Crippen molar-refractivity contribution in [2.75, 3.05) is 27.5 Å². The van der Waals surface area contributed by atoms with Crippen molar-refractivity contribution in [2.24, 2.45) is 4.99 Å². The molecule has 0 aliphatic rings. The van der Waals surface area contributed by atoms with Crippen molar-refractivity contribution < 1.29 is 4.74 Å². The van der Waals surface area contributed by atoms with Gasteiger partial charge in [-0.05, 0) is 30.0 Å². The molecule has 1 aromatic heterocycles. The Balaban J connectivity index is 0.00000312. The van der Waals surface area contributed by atoms with Gasteiger partial charge in [0.2, 0.25) is 5.88 Å². The zero-order valence-corrected chi connectivity index (χ0v) is 18.2. The van der Waals surface area contributed by atoms with E-state index in [1.165, 1.54) is 10.5 Å². The Labute approximate surface area is 171 Å². The number of methoxy groups -OCH3 is 1. The van der Waals surface area contributed by atoms with Crippen LogP contribution in [0.3, 0.4) is 0 Å². The van der Waals surface area contributed by atoms with Crippen LogP contribution >= 0.6 is 35.7 Å². The summed E-state index contributed by atoms with van der Waals surface area (Å²) < 4.78 is 5.28. The number of hydrogen-bond acceptors (Lipinski definition) is 4. The van der Waals surface area contributed by atoms with Gasteiger partial charge >= 0.3 is 0 Å². The van der Waals surface area contributed by atoms with Crippen LogP contribution in [0.5, 0.6) is 5.88 Å². The number of ether oxygens (including phenoxy) is 1. The molecule has 0 amide bonds. The van der Waals surface area contributed by atoms with Crippen LogP contribution in [0.4, 0.5) is 0 Å². The van der Waals surface area contributed by atoms with Gasteiger partial charge in [0.25, 0.3) is 0 Å². The van der Waals surface area contributed by atoms with Crippen LogP contribution in [-0.2, 0) is 13.1 Å². The Hall–Kier alpha value is -1.48. The van der Waals surface area contributed by atoms with E-state index in [4.69, 9.17) is 4.74 Å². The number of nitrogens with zero attached hydrogens (tertiary/aromatic N) is 3. The fraction of sp³-hybridized carbons (Fsp3) is 0.333. The minimum absolute atomic E-state index is 0. The highest BCUT2D eigenvalue weighted by Gasteiger charge is 2.09. The third-order valence-corrected chi connectivity index (χ3v) is 4.38. The smallest absolute Gasteiger partial charge is 0.218 e. The second-order valence-corrected chi connectivity index (χ2v) is 6.16. The molecule has 2 rings (SSSR count). The quantitative estimate of drug-likeness (QED) is 0.301. The van der Waals surface area contributed by atoms with Gasteiger partial charge in [-0.3, -0.25) is 4.99 Å². The Kier molecular flexibility index (Phi) is 9.66. The molecule has 2 aromatic rings. The van der Waals surface area contributed by atoms with Crippen molar-refractivity contribution in [1.29, 1.82) is 0 Å². The normalized spacial score (nSPS) is 10.8. The lowest BCUT2D eigenvalue weighted by Gasteiger charge is -2.22. The summed E-state index contributed by atoms with van der Waals surface area (Å²) in [6.45, 7) is 1.40. The molecule has 0 fully saturated rings. The van der Waals surface area contributed by atoms with Gasteiger partial charge in [0.15, 0.2) is 5.96 Å². The molecule has 1 heterocycles. The Morgan fingerprint density at radius 3 is 2.60 bits per heavy atom. The minimum atomic E-state index is 0. The SMILES string of the molecule is CN=C(NCc1cccnc1OC)N(C)Cc1ccc(SC)cc1.I. The van der Waals surface area contributed by atoms with E-state index in [0.29, 0.717) is 12.4 Å². The van der Waals surface area contributed by atoms with E-state index in [0.717, 1.165) is 18.1 Å². The highest BCUT2D eigenvalue weighted by molar-refractivity contribution is 14.0. The molecule has 7 heteroatoms. The first-order valence-corrected chi connectivity index (χ1v) is 8.93. The van der Waals surface area contributed by atoms with Crippen LogP contribution < -0.4 is 10.1 Å². The Morgan fingerprint density at radius 2 is 2.00 bits per heavy atom. The molecule has 136 valence electrons. The van der Waals surface area contributed by atoms with Crippen molar-refractivity contribution in [3.05, 3.63) is 53.7 Å². The molecule has 0 saturated heterocycles. The number of aliphatic imine (C=N–C) groups is 1. The van der Waals surface area contributed by atoms with Gasteiger partial charge in [-0.2, -0.15) is 0 Å². The lowest BCUT2D eigenvalue weighted by molar-refractivity contribution is 0.391. The monoisotopic (exact) mass is 472 g/mol. The summed E-state index contributed by atoms with van der Waals surface area (Å²) in [7, 11) is 5.44. The molecule has 0 saturated carbocycles. The van der Waals surface area contributed by atoms with E-state index in [1.807, 2.05) is 19.2 Å². The standard InChI is InChI=1S/C18H24N4OS.HI/c1-19-18(21-12-15-6-5-11-20-17(15)23-3)22(2)13-14-7-9-16(24-4)10-8-14;/h5-11H,12-13H2,1-4H3,(H,19,21);1H. The maximum absolute atomic E-state index is 5.28. The predicted molar refractivity (Wildman–Crippen MR) is 116 cm³/mol. The first kappa shape index (κ1) is 21.6. The van der Waals surface area contributed by atoms with E-state index in [1.54, 1.807) is 32.1 Å². The van der Waals surface area contributed by atoms with Gasteiger partial charge in [-0.1, -0.05) is 18.2 Å². The molecule has 0 spiro atoms. The van der Waals surface area contributed by atoms with E-state index >= 15 is 0 Å².